The summed E-state index contributed by atoms with van der Waals surface area (Å²) < 4.78 is 0. The highest BCUT2D eigenvalue weighted by Crippen LogP contribution is 2.21. The molecular formula is C13H14ClN3OS. The van der Waals surface area contributed by atoms with Gasteiger partial charge >= 0.3 is 0 Å². The van der Waals surface area contributed by atoms with E-state index in [1.54, 1.807) is 11.4 Å². The SMILES string of the molecule is CCC(NC(=O)c1csc(N)n1)c1cccc(Cl)c1. The summed E-state index contributed by atoms with van der Waals surface area (Å²) in [6, 6.07) is 7.38. The molecule has 4 nitrogen and oxygen atoms in total. The van der Waals surface area contributed by atoms with E-state index in [4.69, 9.17) is 17.3 Å². The number of hydrogen-bond donors (Lipinski definition) is 2. The van der Waals surface area contributed by atoms with Crippen LogP contribution in [-0.4, -0.2) is 10.9 Å². The largest absolute Gasteiger partial charge is 0.375 e. The molecule has 1 atom stereocenters. The van der Waals surface area contributed by atoms with Gasteiger partial charge in [0.15, 0.2) is 5.13 Å². The molecular weight excluding hydrogens is 282 g/mol. The number of benzene rings is 1. The molecule has 1 amide bonds. The van der Waals surface area contributed by atoms with Crippen LogP contribution in [0.15, 0.2) is 29.6 Å². The van der Waals surface area contributed by atoms with Gasteiger partial charge in [0.1, 0.15) is 5.69 Å². The van der Waals surface area contributed by atoms with E-state index < -0.39 is 0 Å². The molecule has 0 spiro atoms. The summed E-state index contributed by atoms with van der Waals surface area (Å²) in [5.41, 5.74) is 6.85. The number of carbonyl (C=O) groups excluding carboxylic acids is 1. The lowest BCUT2D eigenvalue weighted by Gasteiger charge is -2.17. The Balaban J connectivity index is 2.13. The summed E-state index contributed by atoms with van der Waals surface area (Å²) in [6.45, 7) is 2.00. The van der Waals surface area contributed by atoms with Crippen LogP contribution in [0.3, 0.4) is 0 Å². The molecule has 6 heteroatoms. The number of hydrogen-bond acceptors (Lipinski definition) is 4. The van der Waals surface area contributed by atoms with Crippen molar-refractivity contribution in [3.05, 3.63) is 45.9 Å². The lowest BCUT2D eigenvalue weighted by atomic mass is 10.0. The van der Waals surface area contributed by atoms with Crippen LogP contribution in [0.1, 0.15) is 35.4 Å². The summed E-state index contributed by atoms with van der Waals surface area (Å²) in [5.74, 6) is -0.222. The monoisotopic (exact) mass is 295 g/mol. The van der Waals surface area contributed by atoms with Crippen molar-refractivity contribution < 1.29 is 4.79 Å². The molecule has 1 aromatic carbocycles. The molecule has 0 aliphatic rings. The van der Waals surface area contributed by atoms with Gasteiger partial charge in [-0.05, 0) is 24.1 Å². The number of nitrogens with one attached hydrogen (secondary N) is 1. The number of nitrogens with two attached hydrogens (primary N) is 1. The Morgan fingerprint density at radius 3 is 2.95 bits per heavy atom. The third kappa shape index (κ3) is 3.45. The zero-order valence-electron chi connectivity index (χ0n) is 10.4. The number of aromatic nitrogens is 1. The summed E-state index contributed by atoms with van der Waals surface area (Å²) in [5, 5.41) is 5.62. The lowest BCUT2D eigenvalue weighted by Crippen LogP contribution is -2.28. The molecule has 0 saturated carbocycles. The quantitative estimate of drug-likeness (QED) is 0.909. The van der Waals surface area contributed by atoms with Gasteiger partial charge in [-0.2, -0.15) is 0 Å². The number of nitrogen functional groups attached to an aromatic ring is 1. The number of nitrogens with zero attached hydrogens (tertiary/aromatic N) is 1. The molecule has 2 aromatic rings. The molecule has 1 unspecified atom stereocenters. The number of thiazole rings is 1. The van der Waals surface area contributed by atoms with Gasteiger partial charge in [0.25, 0.3) is 5.91 Å². The number of halogens is 1. The maximum absolute atomic E-state index is 12.0. The molecule has 0 bridgehead atoms. The summed E-state index contributed by atoms with van der Waals surface area (Å²) in [7, 11) is 0. The highest BCUT2D eigenvalue weighted by atomic mass is 35.5. The van der Waals surface area contributed by atoms with Crippen LogP contribution >= 0.6 is 22.9 Å². The van der Waals surface area contributed by atoms with Crippen LogP contribution in [0, 0.1) is 0 Å². The van der Waals surface area contributed by atoms with E-state index in [-0.39, 0.29) is 11.9 Å². The van der Waals surface area contributed by atoms with E-state index in [1.807, 2.05) is 25.1 Å². The molecule has 3 N–H and O–H groups in total. The second kappa shape index (κ2) is 6.04. The fourth-order valence-corrected chi connectivity index (χ4v) is 2.51. The fraction of sp³-hybridized carbons (Fsp3) is 0.231. The van der Waals surface area contributed by atoms with Crippen molar-refractivity contribution >= 4 is 34.0 Å². The fourth-order valence-electron chi connectivity index (χ4n) is 1.77. The van der Waals surface area contributed by atoms with Gasteiger partial charge in [0.2, 0.25) is 0 Å². The minimum Gasteiger partial charge on any atom is -0.375 e. The molecule has 0 fully saturated rings. The molecule has 0 aliphatic heterocycles. The lowest BCUT2D eigenvalue weighted by molar-refractivity contribution is 0.0931. The Hall–Kier alpha value is -1.59. The Bertz CT molecular complexity index is 585. The van der Waals surface area contributed by atoms with Gasteiger partial charge in [-0.3, -0.25) is 4.79 Å². The third-order valence-electron chi connectivity index (χ3n) is 2.72. The van der Waals surface area contributed by atoms with Crippen molar-refractivity contribution in [2.24, 2.45) is 0 Å². The van der Waals surface area contributed by atoms with Crippen molar-refractivity contribution in [3.63, 3.8) is 0 Å². The van der Waals surface area contributed by atoms with Crippen LogP contribution in [0.2, 0.25) is 5.02 Å². The molecule has 100 valence electrons. The Labute approximate surface area is 120 Å². The Kier molecular flexibility index (Phi) is 4.39. The molecule has 1 aromatic heterocycles. The van der Waals surface area contributed by atoms with Crippen LogP contribution in [0.4, 0.5) is 5.13 Å². The number of anilines is 1. The van der Waals surface area contributed by atoms with Gasteiger partial charge < -0.3 is 11.1 Å². The van der Waals surface area contributed by atoms with E-state index >= 15 is 0 Å². The number of carbonyl (C=O) groups is 1. The summed E-state index contributed by atoms with van der Waals surface area (Å²) >= 11 is 7.21. The van der Waals surface area contributed by atoms with Gasteiger partial charge in [0.05, 0.1) is 6.04 Å². The maximum Gasteiger partial charge on any atom is 0.271 e. The number of amides is 1. The van der Waals surface area contributed by atoms with Gasteiger partial charge in [0, 0.05) is 10.4 Å². The van der Waals surface area contributed by atoms with E-state index in [0.717, 1.165) is 12.0 Å². The van der Waals surface area contributed by atoms with Crippen molar-refractivity contribution in [1.29, 1.82) is 0 Å². The van der Waals surface area contributed by atoms with E-state index in [0.29, 0.717) is 15.8 Å². The average Bonchev–Trinajstić information content (AvgIpc) is 2.82. The van der Waals surface area contributed by atoms with Crippen LogP contribution in [0.5, 0.6) is 0 Å². The van der Waals surface area contributed by atoms with Crippen LogP contribution in [-0.2, 0) is 0 Å². The minimum absolute atomic E-state index is 0.0888. The molecule has 0 radical (unpaired) electrons. The minimum atomic E-state index is -0.222. The van der Waals surface area contributed by atoms with E-state index in [1.165, 1.54) is 11.3 Å². The average molecular weight is 296 g/mol. The topological polar surface area (TPSA) is 68.0 Å². The van der Waals surface area contributed by atoms with Crippen molar-refractivity contribution in [2.75, 3.05) is 5.73 Å². The zero-order chi connectivity index (χ0) is 13.8. The van der Waals surface area contributed by atoms with E-state index in [2.05, 4.69) is 10.3 Å². The maximum atomic E-state index is 12.0. The second-order valence-electron chi connectivity index (χ2n) is 4.06. The van der Waals surface area contributed by atoms with Gasteiger partial charge in [-0.1, -0.05) is 30.7 Å². The van der Waals surface area contributed by atoms with Crippen LogP contribution in [0.25, 0.3) is 0 Å². The number of rotatable bonds is 4. The predicted molar refractivity (Wildman–Crippen MR) is 78.5 cm³/mol. The van der Waals surface area contributed by atoms with Crippen molar-refractivity contribution in [1.82, 2.24) is 10.3 Å². The first kappa shape index (κ1) is 13.8. The van der Waals surface area contributed by atoms with E-state index in [9.17, 15) is 4.79 Å². The zero-order valence-corrected chi connectivity index (χ0v) is 12.0. The standard InChI is InChI=1S/C13H14ClN3OS/c1-2-10(8-4-3-5-9(14)6-8)16-12(18)11-7-19-13(15)17-11/h3-7,10H,2H2,1H3,(H2,15,17)(H,16,18). The highest BCUT2D eigenvalue weighted by Gasteiger charge is 2.16. The van der Waals surface area contributed by atoms with Crippen LogP contribution < -0.4 is 11.1 Å². The smallest absolute Gasteiger partial charge is 0.271 e. The molecule has 19 heavy (non-hydrogen) atoms. The molecule has 1 heterocycles. The molecule has 0 saturated heterocycles. The Morgan fingerprint density at radius 1 is 1.58 bits per heavy atom. The van der Waals surface area contributed by atoms with Gasteiger partial charge in [-0.25, -0.2) is 4.98 Å². The molecule has 2 rings (SSSR count). The molecule has 0 aliphatic carbocycles. The highest BCUT2D eigenvalue weighted by molar-refractivity contribution is 7.13. The summed E-state index contributed by atoms with van der Waals surface area (Å²) in [6.07, 6.45) is 0.770. The third-order valence-corrected chi connectivity index (χ3v) is 3.63. The first-order chi connectivity index (χ1) is 9.10. The first-order valence-corrected chi connectivity index (χ1v) is 7.13. The second-order valence-corrected chi connectivity index (χ2v) is 5.39. The normalized spacial score (nSPS) is 12.1. The first-order valence-electron chi connectivity index (χ1n) is 5.87. The van der Waals surface area contributed by atoms with Crippen molar-refractivity contribution in [2.45, 2.75) is 19.4 Å². The Morgan fingerprint density at radius 2 is 2.37 bits per heavy atom. The van der Waals surface area contributed by atoms with Crippen molar-refractivity contribution in [3.8, 4) is 0 Å². The predicted octanol–water partition coefficient (Wildman–Crippen LogP) is 3.26. The van der Waals surface area contributed by atoms with Gasteiger partial charge in [-0.15, -0.1) is 11.3 Å². The summed E-state index contributed by atoms with van der Waals surface area (Å²) in [4.78, 5) is 16.0.